The molecule has 1 aliphatic rings. The molecule has 0 spiro atoms. The van der Waals surface area contributed by atoms with E-state index in [9.17, 15) is 15.0 Å². The first-order valence-electron chi connectivity index (χ1n) is 7.67. The summed E-state index contributed by atoms with van der Waals surface area (Å²) in [5.74, 6) is 0. The van der Waals surface area contributed by atoms with Crippen molar-refractivity contribution in [2.75, 3.05) is 19.7 Å². The second kappa shape index (κ2) is 5.83. The van der Waals surface area contributed by atoms with Crippen molar-refractivity contribution in [1.82, 2.24) is 9.88 Å². The zero-order valence-electron chi connectivity index (χ0n) is 12.8. The number of rotatable bonds is 3. The summed E-state index contributed by atoms with van der Waals surface area (Å²) in [6.45, 7) is 3.74. The van der Waals surface area contributed by atoms with E-state index >= 15 is 0 Å². The molecular weight excluding hydrogens is 280 g/mol. The number of H-pyrrole nitrogens is 1. The maximum atomic E-state index is 12.2. The van der Waals surface area contributed by atoms with E-state index in [1.807, 2.05) is 31.2 Å². The number of aromatic nitrogens is 1. The Balaban J connectivity index is 1.79. The van der Waals surface area contributed by atoms with Crippen molar-refractivity contribution in [1.29, 1.82) is 0 Å². The topological polar surface area (TPSA) is 76.6 Å². The molecule has 0 unspecified atom stereocenters. The van der Waals surface area contributed by atoms with Gasteiger partial charge >= 0.3 is 0 Å². The summed E-state index contributed by atoms with van der Waals surface area (Å²) in [5, 5.41) is 20.3. The molecule has 2 heterocycles. The molecule has 0 aliphatic carbocycles. The van der Waals surface area contributed by atoms with Gasteiger partial charge in [-0.05, 0) is 42.8 Å². The third-order valence-electron chi connectivity index (χ3n) is 4.55. The average molecular weight is 302 g/mol. The van der Waals surface area contributed by atoms with Gasteiger partial charge < -0.3 is 15.2 Å². The average Bonchev–Trinajstić information content (AvgIpc) is 2.50. The van der Waals surface area contributed by atoms with Crippen LogP contribution in [-0.4, -0.2) is 45.4 Å². The van der Waals surface area contributed by atoms with Gasteiger partial charge in [0.2, 0.25) is 0 Å². The Kier molecular flexibility index (Phi) is 4.04. The lowest BCUT2D eigenvalue weighted by Gasteiger charge is -2.36. The second-order valence-corrected chi connectivity index (χ2v) is 6.37. The Bertz CT molecular complexity index is 730. The summed E-state index contributed by atoms with van der Waals surface area (Å²) in [4.78, 5) is 17.3. The predicted octanol–water partition coefficient (Wildman–Crippen LogP) is 1.16. The van der Waals surface area contributed by atoms with E-state index in [2.05, 4.69) is 9.88 Å². The van der Waals surface area contributed by atoms with Crippen molar-refractivity contribution in [2.24, 2.45) is 0 Å². The van der Waals surface area contributed by atoms with Gasteiger partial charge in [-0.15, -0.1) is 0 Å². The standard InChI is InChI=1S/C17H22N2O3/c1-12-2-3-13-9-14(16(21)18-15(13)8-12)10-19-6-4-17(22,11-20)5-7-19/h2-3,8-9,20,22H,4-7,10-11H2,1H3,(H,18,21). The van der Waals surface area contributed by atoms with Crippen LogP contribution in [0.4, 0.5) is 0 Å². The molecule has 2 aromatic rings. The minimum absolute atomic E-state index is 0.0545. The second-order valence-electron chi connectivity index (χ2n) is 6.37. The molecule has 0 radical (unpaired) electrons. The smallest absolute Gasteiger partial charge is 0.252 e. The van der Waals surface area contributed by atoms with E-state index in [4.69, 9.17) is 0 Å². The Labute approximate surface area is 129 Å². The number of likely N-dealkylation sites (tertiary alicyclic amines) is 1. The van der Waals surface area contributed by atoms with E-state index < -0.39 is 5.60 Å². The lowest BCUT2D eigenvalue weighted by Crippen LogP contribution is -2.46. The van der Waals surface area contributed by atoms with Gasteiger partial charge in [0.05, 0.1) is 12.2 Å². The fourth-order valence-corrected chi connectivity index (χ4v) is 3.00. The van der Waals surface area contributed by atoms with Crippen molar-refractivity contribution >= 4 is 10.9 Å². The fourth-order valence-electron chi connectivity index (χ4n) is 3.00. The molecule has 1 aliphatic heterocycles. The van der Waals surface area contributed by atoms with Crippen molar-refractivity contribution in [2.45, 2.75) is 31.9 Å². The van der Waals surface area contributed by atoms with Gasteiger partial charge in [0.25, 0.3) is 5.56 Å². The Morgan fingerprint density at radius 3 is 2.68 bits per heavy atom. The molecule has 22 heavy (non-hydrogen) atoms. The van der Waals surface area contributed by atoms with Gasteiger partial charge in [-0.3, -0.25) is 9.69 Å². The summed E-state index contributed by atoms with van der Waals surface area (Å²) in [6.07, 6.45) is 1.07. The van der Waals surface area contributed by atoms with Crippen molar-refractivity contribution in [3.63, 3.8) is 0 Å². The number of benzene rings is 1. The number of pyridine rings is 1. The number of hydrogen-bond donors (Lipinski definition) is 3. The first-order chi connectivity index (χ1) is 10.5. The lowest BCUT2D eigenvalue weighted by atomic mass is 9.92. The molecule has 0 saturated carbocycles. The molecule has 3 N–H and O–H groups in total. The van der Waals surface area contributed by atoms with E-state index in [0.29, 0.717) is 32.5 Å². The zero-order valence-corrected chi connectivity index (χ0v) is 12.8. The fraction of sp³-hybridized carbons (Fsp3) is 0.471. The number of aliphatic hydroxyl groups excluding tert-OH is 1. The highest BCUT2D eigenvalue weighted by atomic mass is 16.3. The first-order valence-corrected chi connectivity index (χ1v) is 7.67. The highest BCUT2D eigenvalue weighted by Crippen LogP contribution is 2.22. The molecule has 1 fully saturated rings. The van der Waals surface area contributed by atoms with Crippen molar-refractivity contribution < 1.29 is 10.2 Å². The molecule has 5 nitrogen and oxygen atoms in total. The number of fused-ring (bicyclic) bond motifs is 1. The van der Waals surface area contributed by atoms with Crippen LogP contribution in [0.3, 0.4) is 0 Å². The Morgan fingerprint density at radius 1 is 1.27 bits per heavy atom. The minimum Gasteiger partial charge on any atom is -0.393 e. The van der Waals surface area contributed by atoms with Gasteiger partial charge in [0.1, 0.15) is 0 Å². The number of aromatic amines is 1. The van der Waals surface area contributed by atoms with E-state index in [1.165, 1.54) is 0 Å². The zero-order chi connectivity index (χ0) is 15.7. The molecule has 0 amide bonds. The van der Waals surface area contributed by atoms with E-state index in [-0.39, 0.29) is 12.2 Å². The van der Waals surface area contributed by atoms with Gasteiger partial charge in [0, 0.05) is 30.7 Å². The minimum atomic E-state index is -0.955. The van der Waals surface area contributed by atoms with Gasteiger partial charge in [-0.25, -0.2) is 0 Å². The van der Waals surface area contributed by atoms with Crippen LogP contribution in [-0.2, 0) is 6.54 Å². The van der Waals surface area contributed by atoms with Gasteiger partial charge in [0.15, 0.2) is 0 Å². The highest BCUT2D eigenvalue weighted by molar-refractivity contribution is 5.79. The highest BCUT2D eigenvalue weighted by Gasteiger charge is 2.31. The number of hydrogen-bond acceptors (Lipinski definition) is 4. The third-order valence-corrected chi connectivity index (χ3v) is 4.55. The molecule has 118 valence electrons. The van der Waals surface area contributed by atoms with Crippen LogP contribution >= 0.6 is 0 Å². The molecule has 1 aromatic carbocycles. The molecular formula is C17H22N2O3. The summed E-state index contributed by atoms with van der Waals surface area (Å²) >= 11 is 0. The number of aliphatic hydroxyl groups is 2. The molecule has 0 atom stereocenters. The van der Waals surface area contributed by atoms with Crippen LogP contribution in [0, 0.1) is 6.92 Å². The predicted molar refractivity (Wildman–Crippen MR) is 85.9 cm³/mol. The van der Waals surface area contributed by atoms with E-state index in [1.54, 1.807) is 0 Å². The Hall–Kier alpha value is -1.69. The molecule has 0 bridgehead atoms. The quantitative estimate of drug-likeness (QED) is 0.795. The molecule has 1 saturated heterocycles. The van der Waals surface area contributed by atoms with Crippen LogP contribution in [0.5, 0.6) is 0 Å². The summed E-state index contributed by atoms with van der Waals surface area (Å²) < 4.78 is 0. The van der Waals surface area contributed by atoms with E-state index in [0.717, 1.165) is 22.0 Å². The number of aryl methyl sites for hydroxylation is 1. The van der Waals surface area contributed by atoms with Crippen LogP contribution in [0.2, 0.25) is 0 Å². The van der Waals surface area contributed by atoms with Gasteiger partial charge in [-0.1, -0.05) is 12.1 Å². The monoisotopic (exact) mass is 302 g/mol. The number of piperidine rings is 1. The summed E-state index contributed by atoms with van der Waals surface area (Å²) in [7, 11) is 0. The SMILES string of the molecule is Cc1ccc2cc(CN3CCC(O)(CO)CC3)c(=O)[nH]c2c1. The van der Waals surface area contributed by atoms with Crippen LogP contribution in [0.1, 0.15) is 24.0 Å². The number of nitrogens with one attached hydrogen (secondary N) is 1. The first kappa shape index (κ1) is 15.2. The largest absolute Gasteiger partial charge is 0.393 e. The van der Waals surface area contributed by atoms with Crippen LogP contribution in [0.25, 0.3) is 10.9 Å². The maximum absolute atomic E-state index is 12.2. The Morgan fingerprint density at radius 2 is 2.00 bits per heavy atom. The van der Waals surface area contributed by atoms with Crippen molar-refractivity contribution in [3.8, 4) is 0 Å². The maximum Gasteiger partial charge on any atom is 0.252 e. The number of nitrogens with zero attached hydrogens (tertiary/aromatic N) is 1. The molecule has 1 aromatic heterocycles. The van der Waals surface area contributed by atoms with Crippen molar-refractivity contribution in [3.05, 3.63) is 45.7 Å². The van der Waals surface area contributed by atoms with Crippen LogP contribution < -0.4 is 5.56 Å². The normalized spacial score (nSPS) is 18.7. The van der Waals surface area contributed by atoms with Gasteiger partial charge in [-0.2, -0.15) is 0 Å². The van der Waals surface area contributed by atoms with Crippen LogP contribution in [0.15, 0.2) is 29.1 Å². The molecule has 5 heteroatoms. The third kappa shape index (κ3) is 3.06. The summed E-state index contributed by atoms with van der Waals surface area (Å²) in [6, 6.07) is 7.97. The summed E-state index contributed by atoms with van der Waals surface area (Å²) in [5.41, 5.74) is 1.72. The lowest BCUT2D eigenvalue weighted by molar-refractivity contribution is -0.0607. The molecule has 3 rings (SSSR count).